The van der Waals surface area contributed by atoms with E-state index in [9.17, 15) is 13.2 Å². The zero-order valence-corrected chi connectivity index (χ0v) is 20.3. The smallest absolute Gasteiger partial charge is 0.243 e. The maximum Gasteiger partial charge on any atom is 0.243 e. The quantitative estimate of drug-likeness (QED) is 0.488. The van der Waals surface area contributed by atoms with E-state index in [4.69, 9.17) is 4.98 Å². The van der Waals surface area contributed by atoms with E-state index in [0.717, 1.165) is 22.6 Å². The third-order valence-electron chi connectivity index (χ3n) is 5.82. The molecule has 0 fully saturated rings. The summed E-state index contributed by atoms with van der Waals surface area (Å²) in [4.78, 5) is 19.3. The first-order valence-corrected chi connectivity index (χ1v) is 12.5. The number of rotatable bonds is 9. The van der Waals surface area contributed by atoms with Crippen LogP contribution in [0.1, 0.15) is 38.6 Å². The summed E-state index contributed by atoms with van der Waals surface area (Å²) < 4.78 is 29.3. The Morgan fingerprint density at radius 2 is 1.69 bits per heavy atom. The third kappa shape index (κ3) is 4.71. The van der Waals surface area contributed by atoms with E-state index >= 15 is 0 Å². The number of fused-ring (bicyclic) bond motifs is 1. The Balaban J connectivity index is 1.84. The highest BCUT2D eigenvalue weighted by Crippen LogP contribution is 2.24. The second-order valence-electron chi connectivity index (χ2n) is 7.80. The highest BCUT2D eigenvalue weighted by Gasteiger charge is 2.23. The van der Waals surface area contributed by atoms with Crippen LogP contribution in [0.4, 0.5) is 5.69 Å². The van der Waals surface area contributed by atoms with Gasteiger partial charge in [0.1, 0.15) is 5.82 Å². The fraction of sp³-hybridized carbons (Fsp3) is 0.417. The van der Waals surface area contributed by atoms with Crippen molar-refractivity contribution in [3.63, 3.8) is 0 Å². The van der Waals surface area contributed by atoms with Gasteiger partial charge in [0.25, 0.3) is 0 Å². The number of imidazole rings is 1. The Kier molecular flexibility index (Phi) is 7.36. The van der Waals surface area contributed by atoms with Crippen molar-refractivity contribution in [2.24, 2.45) is 0 Å². The molecule has 0 aliphatic rings. The van der Waals surface area contributed by atoms with E-state index in [0.29, 0.717) is 38.0 Å². The van der Waals surface area contributed by atoms with Gasteiger partial charge in [-0.25, -0.2) is 13.4 Å². The van der Waals surface area contributed by atoms with E-state index in [1.807, 2.05) is 62.6 Å². The molecule has 0 aliphatic heterocycles. The van der Waals surface area contributed by atoms with Crippen LogP contribution >= 0.6 is 0 Å². The summed E-state index contributed by atoms with van der Waals surface area (Å²) in [7, 11) is -1.77. The van der Waals surface area contributed by atoms with E-state index < -0.39 is 10.0 Å². The van der Waals surface area contributed by atoms with Gasteiger partial charge in [-0.05, 0) is 44.2 Å². The van der Waals surface area contributed by atoms with Crippen molar-refractivity contribution in [2.75, 3.05) is 25.0 Å². The number of carbonyl (C=O) groups is 1. The van der Waals surface area contributed by atoms with Gasteiger partial charge in [0.15, 0.2) is 0 Å². The lowest BCUT2D eigenvalue weighted by molar-refractivity contribution is -0.118. The molecule has 172 valence electrons. The Morgan fingerprint density at radius 1 is 1.03 bits per heavy atom. The molecular weight excluding hydrogens is 424 g/mol. The predicted molar refractivity (Wildman–Crippen MR) is 128 cm³/mol. The number of hydrogen-bond acceptors (Lipinski definition) is 4. The van der Waals surface area contributed by atoms with Crippen LogP contribution in [-0.2, 0) is 27.8 Å². The van der Waals surface area contributed by atoms with Gasteiger partial charge < -0.3 is 9.47 Å². The molecule has 3 aromatic rings. The predicted octanol–water partition coefficient (Wildman–Crippen LogP) is 3.99. The minimum atomic E-state index is -3.55. The molecule has 7 nitrogen and oxygen atoms in total. The number of benzene rings is 2. The summed E-state index contributed by atoms with van der Waals surface area (Å²) >= 11 is 0. The molecule has 2 aromatic carbocycles. The molecule has 0 atom stereocenters. The van der Waals surface area contributed by atoms with Crippen molar-refractivity contribution in [3.05, 3.63) is 53.9 Å². The van der Waals surface area contributed by atoms with Gasteiger partial charge in [0, 0.05) is 45.2 Å². The van der Waals surface area contributed by atoms with Crippen LogP contribution in [0, 0.1) is 6.92 Å². The van der Waals surface area contributed by atoms with Crippen LogP contribution in [0.15, 0.2) is 47.4 Å². The summed E-state index contributed by atoms with van der Waals surface area (Å²) in [5.41, 5.74) is 3.51. The number of sulfonamides is 1. The molecule has 1 aromatic heterocycles. The van der Waals surface area contributed by atoms with Gasteiger partial charge >= 0.3 is 0 Å². The maximum absolute atomic E-state index is 12.9. The number of anilines is 1. The van der Waals surface area contributed by atoms with Crippen LogP contribution in [0.5, 0.6) is 0 Å². The van der Waals surface area contributed by atoms with Crippen molar-refractivity contribution in [1.82, 2.24) is 13.9 Å². The molecule has 0 unspecified atom stereocenters. The maximum atomic E-state index is 12.9. The van der Waals surface area contributed by atoms with E-state index in [-0.39, 0.29) is 10.8 Å². The molecule has 0 N–H and O–H groups in total. The zero-order valence-electron chi connectivity index (χ0n) is 19.5. The van der Waals surface area contributed by atoms with Crippen molar-refractivity contribution in [1.29, 1.82) is 0 Å². The molecule has 0 saturated heterocycles. The second-order valence-corrected chi connectivity index (χ2v) is 9.74. The van der Waals surface area contributed by atoms with Crippen LogP contribution in [-0.4, -0.2) is 48.3 Å². The van der Waals surface area contributed by atoms with Crippen molar-refractivity contribution in [3.8, 4) is 0 Å². The van der Waals surface area contributed by atoms with Gasteiger partial charge in [-0.2, -0.15) is 4.31 Å². The number of aromatic nitrogens is 2. The zero-order chi connectivity index (χ0) is 23.5. The summed E-state index contributed by atoms with van der Waals surface area (Å²) in [6.45, 7) is 9.22. The summed E-state index contributed by atoms with van der Waals surface area (Å²) in [5, 5.41) is 0. The average molecular weight is 457 g/mol. The van der Waals surface area contributed by atoms with Crippen LogP contribution in [0.2, 0.25) is 0 Å². The largest absolute Gasteiger partial charge is 0.328 e. The Morgan fingerprint density at radius 3 is 2.28 bits per heavy atom. The van der Waals surface area contributed by atoms with Gasteiger partial charge in [-0.15, -0.1) is 0 Å². The molecule has 0 spiro atoms. The minimum Gasteiger partial charge on any atom is -0.328 e. The number of amides is 1. The Labute approximate surface area is 190 Å². The fourth-order valence-electron chi connectivity index (χ4n) is 3.88. The summed E-state index contributed by atoms with van der Waals surface area (Å²) in [6.07, 6.45) is 0.800. The lowest BCUT2D eigenvalue weighted by Gasteiger charge is -2.18. The van der Waals surface area contributed by atoms with Crippen LogP contribution in [0.3, 0.4) is 0 Å². The van der Waals surface area contributed by atoms with E-state index in [1.54, 1.807) is 24.1 Å². The van der Waals surface area contributed by atoms with Crippen molar-refractivity contribution < 1.29 is 13.2 Å². The average Bonchev–Trinajstić information content (AvgIpc) is 3.14. The number of hydrogen-bond donors (Lipinski definition) is 0. The lowest BCUT2D eigenvalue weighted by Crippen LogP contribution is -2.30. The molecular formula is C24H32N4O3S. The third-order valence-corrected chi connectivity index (χ3v) is 7.86. The van der Waals surface area contributed by atoms with Crippen LogP contribution in [0.25, 0.3) is 11.0 Å². The fourth-order valence-corrected chi connectivity index (χ4v) is 5.35. The highest BCUT2D eigenvalue weighted by molar-refractivity contribution is 7.89. The molecule has 8 heteroatoms. The molecule has 0 aliphatic carbocycles. The minimum absolute atomic E-state index is 0.00774. The molecule has 1 amide bonds. The van der Waals surface area contributed by atoms with E-state index in [2.05, 4.69) is 0 Å². The highest BCUT2D eigenvalue weighted by atomic mass is 32.2. The standard InChI is InChI=1S/C24H32N4O3S/c1-6-27(7-2)32(30,31)20-13-14-22-21(17-20)25-23(28(22)8-3)15-16-24(29)26(5)19-11-9-18(4)10-12-19/h9-14,17H,6-8,15-16H2,1-5H3. The van der Waals surface area contributed by atoms with Crippen molar-refractivity contribution >= 4 is 32.7 Å². The Hall–Kier alpha value is -2.71. The van der Waals surface area contributed by atoms with Crippen LogP contribution < -0.4 is 4.90 Å². The summed E-state index contributed by atoms with van der Waals surface area (Å²) in [6, 6.07) is 12.9. The first-order chi connectivity index (χ1) is 15.2. The topological polar surface area (TPSA) is 75.5 Å². The van der Waals surface area contributed by atoms with Gasteiger partial charge in [-0.3, -0.25) is 4.79 Å². The van der Waals surface area contributed by atoms with Crippen molar-refractivity contribution in [2.45, 2.75) is 52.0 Å². The number of carbonyl (C=O) groups excluding carboxylic acids is 1. The SMILES string of the molecule is CCN(CC)S(=O)(=O)c1ccc2c(c1)nc(CCC(=O)N(C)c1ccc(C)cc1)n2CC. The second kappa shape index (κ2) is 9.83. The van der Waals surface area contributed by atoms with Gasteiger partial charge in [0.2, 0.25) is 15.9 Å². The number of nitrogens with zero attached hydrogens (tertiary/aromatic N) is 4. The Bertz CT molecular complexity index is 1200. The first kappa shape index (κ1) is 23.9. The molecule has 0 bridgehead atoms. The molecule has 3 rings (SSSR count). The molecule has 1 heterocycles. The number of aryl methyl sites for hydroxylation is 3. The molecule has 0 radical (unpaired) electrons. The summed E-state index contributed by atoms with van der Waals surface area (Å²) in [5.74, 6) is 0.791. The lowest BCUT2D eigenvalue weighted by atomic mass is 10.2. The van der Waals surface area contributed by atoms with E-state index in [1.165, 1.54) is 4.31 Å². The van der Waals surface area contributed by atoms with Gasteiger partial charge in [0.05, 0.1) is 15.9 Å². The normalized spacial score (nSPS) is 11.9. The molecule has 32 heavy (non-hydrogen) atoms. The first-order valence-electron chi connectivity index (χ1n) is 11.0. The molecule has 0 saturated carbocycles. The monoisotopic (exact) mass is 456 g/mol. The van der Waals surface area contributed by atoms with Gasteiger partial charge in [-0.1, -0.05) is 31.5 Å².